The largest absolute Gasteiger partial charge is 0.586 e. The number of pyridine rings is 1. The van der Waals surface area contributed by atoms with Crippen LogP contribution in [0, 0.1) is 0 Å². The molecule has 170 valence electrons. The number of ether oxygens (including phenoxy) is 2. The van der Waals surface area contributed by atoms with Crippen LogP contribution in [0.3, 0.4) is 0 Å². The van der Waals surface area contributed by atoms with Crippen LogP contribution in [-0.2, 0) is 0 Å². The van der Waals surface area contributed by atoms with Crippen molar-refractivity contribution in [2.24, 2.45) is 0 Å². The highest BCUT2D eigenvalue weighted by Crippen LogP contribution is 2.42. The van der Waals surface area contributed by atoms with Gasteiger partial charge in [-0.2, -0.15) is 0 Å². The Hall–Kier alpha value is -2.90. The van der Waals surface area contributed by atoms with Crippen molar-refractivity contribution in [3.05, 3.63) is 46.4 Å². The van der Waals surface area contributed by atoms with Crippen molar-refractivity contribution in [2.75, 3.05) is 26.2 Å². The van der Waals surface area contributed by atoms with E-state index >= 15 is 0 Å². The summed E-state index contributed by atoms with van der Waals surface area (Å²) in [5.41, 5.74) is 0.0779. The van der Waals surface area contributed by atoms with Crippen molar-refractivity contribution in [1.29, 1.82) is 0 Å². The molecule has 0 bridgehead atoms. The number of hydrogen-bond acceptors (Lipinski definition) is 9. The fourth-order valence-corrected chi connectivity index (χ4v) is 4.00. The molecule has 0 radical (unpaired) electrons. The quantitative estimate of drug-likeness (QED) is 0.308. The molecule has 2 aliphatic heterocycles. The Balaban J connectivity index is 1.43. The van der Waals surface area contributed by atoms with Gasteiger partial charge >= 0.3 is 6.29 Å². The van der Waals surface area contributed by atoms with Gasteiger partial charge in [0.05, 0.1) is 23.1 Å². The molecule has 5 rings (SSSR count). The number of halogens is 2. The maximum Gasteiger partial charge on any atom is 0.586 e. The van der Waals surface area contributed by atoms with E-state index in [4.69, 9.17) is 0 Å². The highest BCUT2D eigenvalue weighted by atomic mass is 19.3. The summed E-state index contributed by atoms with van der Waals surface area (Å²) in [5, 5.41) is 32.9. The van der Waals surface area contributed by atoms with Gasteiger partial charge in [-0.3, -0.25) is 19.4 Å². The summed E-state index contributed by atoms with van der Waals surface area (Å²) >= 11 is 0. The highest BCUT2D eigenvalue weighted by Gasteiger charge is 2.43. The van der Waals surface area contributed by atoms with Crippen LogP contribution in [0.5, 0.6) is 11.5 Å². The molecule has 32 heavy (non-hydrogen) atoms. The Kier molecular flexibility index (Phi) is 4.98. The summed E-state index contributed by atoms with van der Waals surface area (Å²) in [6.07, 6.45) is -5.11. The third-order valence-electron chi connectivity index (χ3n) is 5.59. The smallest absolute Gasteiger partial charge is 0.395 e. The summed E-state index contributed by atoms with van der Waals surface area (Å²) in [4.78, 5) is 19.2. The van der Waals surface area contributed by atoms with Crippen LogP contribution >= 0.6 is 0 Å². The average Bonchev–Trinajstić information content (AvgIpc) is 3.22. The number of likely N-dealkylation sites (tertiary alicyclic amines) is 1. The number of rotatable bonds is 5. The standard InChI is InChI=1S/C20H20F2N4O6/c21-20(22)31-15-6-11-12(7-16(15)32-20)24-17-10(2-1-4-26(17)19(11)30)18(29)23-3-5-25-8-13(27)14(28)9-25/h1-2,4,6-7,13-14,18,23,27-29H,3,5,8-9H2/t13-,14-,18?/m1/s1. The minimum absolute atomic E-state index is 0.0632. The van der Waals surface area contributed by atoms with Gasteiger partial charge in [-0.25, -0.2) is 4.98 Å². The number of aliphatic hydroxyl groups excluding tert-OH is 3. The number of nitrogens with zero attached hydrogens (tertiary/aromatic N) is 3. The number of aliphatic hydroxyl groups is 3. The number of β-amino-alcohol motifs (C(OH)–C–C–N with tert-alkyl or cyclic N) is 2. The molecule has 1 fully saturated rings. The topological polar surface area (TPSA) is 129 Å². The van der Waals surface area contributed by atoms with Gasteiger partial charge in [-0.15, -0.1) is 8.78 Å². The Morgan fingerprint density at radius 3 is 2.62 bits per heavy atom. The summed E-state index contributed by atoms with van der Waals surface area (Å²) in [6.45, 7) is 1.49. The van der Waals surface area contributed by atoms with E-state index in [0.29, 0.717) is 31.7 Å². The molecule has 1 aromatic carbocycles. The molecule has 0 amide bonds. The van der Waals surface area contributed by atoms with Crippen molar-refractivity contribution < 1.29 is 33.6 Å². The molecule has 1 saturated heterocycles. The van der Waals surface area contributed by atoms with Crippen molar-refractivity contribution in [3.63, 3.8) is 0 Å². The second kappa shape index (κ2) is 7.60. The van der Waals surface area contributed by atoms with Gasteiger partial charge in [-0.05, 0) is 18.2 Å². The van der Waals surface area contributed by atoms with Gasteiger partial charge in [0, 0.05) is 44.0 Å². The molecule has 2 aromatic heterocycles. The SMILES string of the molecule is O=c1c2cc3c(cc2nc2c(C(O)NCCN4C[C@@H](O)[C@H](O)C4)cccn12)OC(F)(F)O3. The minimum Gasteiger partial charge on any atom is -0.395 e. The maximum absolute atomic E-state index is 13.4. The van der Waals surface area contributed by atoms with Crippen molar-refractivity contribution in [3.8, 4) is 11.5 Å². The number of fused-ring (bicyclic) bond motifs is 3. The van der Waals surface area contributed by atoms with Gasteiger partial charge in [0.25, 0.3) is 5.56 Å². The van der Waals surface area contributed by atoms with Crippen LogP contribution in [0.2, 0.25) is 0 Å². The predicted octanol–water partition coefficient (Wildman–Crippen LogP) is -0.213. The fraction of sp³-hybridized carbons (Fsp3) is 0.400. The lowest BCUT2D eigenvalue weighted by Gasteiger charge is -2.19. The lowest BCUT2D eigenvalue weighted by Crippen LogP contribution is -2.33. The van der Waals surface area contributed by atoms with E-state index in [1.807, 2.05) is 4.90 Å². The molecular weight excluding hydrogens is 430 g/mol. The number of alkyl halides is 2. The lowest BCUT2D eigenvalue weighted by molar-refractivity contribution is -0.286. The Labute approximate surface area is 179 Å². The number of aromatic nitrogens is 2. The number of nitrogens with one attached hydrogen (secondary N) is 1. The molecule has 3 aromatic rings. The monoisotopic (exact) mass is 450 g/mol. The fourth-order valence-electron chi connectivity index (χ4n) is 4.00. The zero-order valence-electron chi connectivity index (χ0n) is 16.6. The van der Waals surface area contributed by atoms with E-state index in [9.17, 15) is 28.9 Å². The van der Waals surface area contributed by atoms with E-state index in [0.717, 1.165) is 6.07 Å². The summed E-state index contributed by atoms with van der Waals surface area (Å²) < 4.78 is 36.9. The molecular formula is C20H20F2N4O6. The first-order valence-corrected chi connectivity index (χ1v) is 9.97. The van der Waals surface area contributed by atoms with Crippen LogP contribution < -0.4 is 20.3 Å². The van der Waals surface area contributed by atoms with E-state index in [2.05, 4.69) is 19.8 Å². The summed E-state index contributed by atoms with van der Waals surface area (Å²) in [6, 6.07) is 5.52. The third-order valence-corrected chi connectivity index (χ3v) is 5.59. The summed E-state index contributed by atoms with van der Waals surface area (Å²) in [5.74, 6) is -0.485. The number of benzene rings is 1. The molecule has 1 unspecified atom stereocenters. The molecule has 4 N–H and O–H groups in total. The first-order chi connectivity index (χ1) is 15.2. The van der Waals surface area contributed by atoms with Gasteiger partial charge in [0.15, 0.2) is 11.5 Å². The van der Waals surface area contributed by atoms with E-state index < -0.39 is 30.3 Å². The number of hydrogen-bond donors (Lipinski definition) is 4. The second-order valence-corrected chi connectivity index (χ2v) is 7.81. The Morgan fingerprint density at radius 2 is 1.91 bits per heavy atom. The van der Waals surface area contributed by atoms with Crippen LogP contribution in [0.25, 0.3) is 16.6 Å². The van der Waals surface area contributed by atoms with Gasteiger partial charge < -0.3 is 24.8 Å². The van der Waals surface area contributed by atoms with E-state index in [1.54, 1.807) is 12.1 Å². The second-order valence-electron chi connectivity index (χ2n) is 7.81. The zero-order chi connectivity index (χ0) is 22.6. The highest BCUT2D eigenvalue weighted by molar-refractivity contribution is 5.84. The van der Waals surface area contributed by atoms with Gasteiger partial charge in [-0.1, -0.05) is 0 Å². The normalized spacial score (nSPS) is 23.3. The Bertz CT molecular complexity index is 1240. The zero-order valence-corrected chi connectivity index (χ0v) is 16.6. The molecule has 4 heterocycles. The maximum atomic E-state index is 13.4. The molecule has 0 spiro atoms. The van der Waals surface area contributed by atoms with Gasteiger partial charge in [0.2, 0.25) is 0 Å². The first kappa shape index (κ1) is 21.0. The molecule has 12 heteroatoms. The average molecular weight is 450 g/mol. The van der Waals surface area contributed by atoms with E-state index in [1.165, 1.54) is 16.7 Å². The lowest BCUT2D eigenvalue weighted by atomic mass is 10.2. The van der Waals surface area contributed by atoms with Crippen LogP contribution in [0.1, 0.15) is 11.8 Å². The van der Waals surface area contributed by atoms with Crippen LogP contribution in [-0.4, -0.2) is 74.3 Å². The van der Waals surface area contributed by atoms with Gasteiger partial charge in [0.1, 0.15) is 11.9 Å². The molecule has 10 nitrogen and oxygen atoms in total. The molecule has 2 aliphatic rings. The Morgan fingerprint density at radius 1 is 1.22 bits per heavy atom. The van der Waals surface area contributed by atoms with Crippen molar-refractivity contribution >= 4 is 16.6 Å². The molecule has 0 saturated carbocycles. The third kappa shape index (κ3) is 3.65. The van der Waals surface area contributed by atoms with Crippen LogP contribution in [0.4, 0.5) is 8.78 Å². The van der Waals surface area contributed by atoms with Crippen molar-refractivity contribution in [1.82, 2.24) is 19.6 Å². The van der Waals surface area contributed by atoms with Crippen molar-refractivity contribution in [2.45, 2.75) is 24.7 Å². The van der Waals surface area contributed by atoms with E-state index in [-0.39, 0.29) is 28.0 Å². The van der Waals surface area contributed by atoms with Crippen LogP contribution in [0.15, 0.2) is 35.3 Å². The molecule has 3 atom stereocenters. The predicted molar refractivity (Wildman–Crippen MR) is 107 cm³/mol. The first-order valence-electron chi connectivity index (χ1n) is 9.97. The molecule has 0 aliphatic carbocycles. The minimum atomic E-state index is -3.82. The summed E-state index contributed by atoms with van der Waals surface area (Å²) in [7, 11) is 0.